The Labute approximate surface area is 140 Å². The normalized spacial score (nSPS) is 15.2. The zero-order valence-electron chi connectivity index (χ0n) is 13.4. The third-order valence-electron chi connectivity index (χ3n) is 4.11. The number of nitrogens with one attached hydrogen (secondary N) is 1. The van der Waals surface area contributed by atoms with Crippen molar-refractivity contribution in [3.05, 3.63) is 48.7 Å². The second-order valence-corrected chi connectivity index (χ2v) is 5.78. The highest BCUT2D eigenvalue weighted by molar-refractivity contribution is 5.62. The summed E-state index contributed by atoms with van der Waals surface area (Å²) in [5.41, 5.74) is 1.84. The van der Waals surface area contributed by atoms with Crippen molar-refractivity contribution < 1.29 is 4.52 Å². The van der Waals surface area contributed by atoms with Gasteiger partial charge < -0.3 is 14.7 Å². The summed E-state index contributed by atoms with van der Waals surface area (Å²) in [5.74, 6) is 2.07. The Morgan fingerprint density at radius 1 is 1.00 bits per heavy atom. The van der Waals surface area contributed by atoms with E-state index in [0.29, 0.717) is 11.7 Å². The van der Waals surface area contributed by atoms with Crippen LogP contribution < -0.4 is 10.2 Å². The highest BCUT2D eigenvalue weighted by Gasteiger charge is 2.14. The van der Waals surface area contributed by atoms with E-state index in [-0.39, 0.29) is 0 Å². The Morgan fingerprint density at radius 3 is 2.83 bits per heavy atom. The van der Waals surface area contributed by atoms with Crippen molar-refractivity contribution in [2.24, 2.45) is 0 Å². The fraction of sp³-hybridized carbons (Fsp3) is 0.278. The average molecular weight is 321 g/mol. The summed E-state index contributed by atoms with van der Waals surface area (Å²) >= 11 is 0. The topological polar surface area (TPSA) is 67.1 Å². The van der Waals surface area contributed by atoms with Gasteiger partial charge in [-0.1, -0.05) is 35.5 Å². The third-order valence-corrected chi connectivity index (χ3v) is 4.11. The van der Waals surface area contributed by atoms with E-state index in [9.17, 15) is 0 Å². The molecule has 0 bridgehead atoms. The summed E-state index contributed by atoms with van der Waals surface area (Å²) in [6.45, 7) is 3.99. The van der Waals surface area contributed by atoms with Crippen LogP contribution in [0.4, 0.5) is 5.82 Å². The molecular weight excluding hydrogens is 302 g/mol. The van der Waals surface area contributed by atoms with Crippen LogP contribution in [0.5, 0.6) is 0 Å². The highest BCUT2D eigenvalue weighted by Crippen LogP contribution is 2.24. The van der Waals surface area contributed by atoms with Crippen molar-refractivity contribution in [3.63, 3.8) is 0 Å². The van der Waals surface area contributed by atoms with Gasteiger partial charge in [0.05, 0.1) is 0 Å². The summed E-state index contributed by atoms with van der Waals surface area (Å²) in [6.07, 6.45) is 2.92. The van der Waals surface area contributed by atoms with E-state index in [2.05, 4.69) is 25.3 Å². The summed E-state index contributed by atoms with van der Waals surface area (Å²) in [5, 5.41) is 7.49. The molecule has 0 radical (unpaired) electrons. The Hall–Kier alpha value is -2.73. The fourth-order valence-corrected chi connectivity index (χ4v) is 2.84. The van der Waals surface area contributed by atoms with E-state index < -0.39 is 0 Å². The van der Waals surface area contributed by atoms with Crippen molar-refractivity contribution in [2.45, 2.75) is 6.42 Å². The smallest absolute Gasteiger partial charge is 0.258 e. The molecule has 0 spiro atoms. The zero-order chi connectivity index (χ0) is 16.2. The van der Waals surface area contributed by atoms with Crippen LogP contribution in [0, 0.1) is 0 Å². The molecule has 6 heteroatoms. The number of rotatable bonds is 3. The number of benzene rings is 1. The van der Waals surface area contributed by atoms with Gasteiger partial charge >= 0.3 is 0 Å². The minimum absolute atomic E-state index is 0.519. The van der Waals surface area contributed by atoms with E-state index in [1.807, 2.05) is 42.5 Å². The minimum Gasteiger partial charge on any atom is -0.355 e. The molecule has 1 aromatic carbocycles. The van der Waals surface area contributed by atoms with E-state index in [1.54, 1.807) is 6.20 Å². The molecule has 1 aliphatic rings. The van der Waals surface area contributed by atoms with Crippen molar-refractivity contribution in [3.8, 4) is 22.8 Å². The lowest BCUT2D eigenvalue weighted by atomic mass is 10.2. The molecule has 24 heavy (non-hydrogen) atoms. The van der Waals surface area contributed by atoms with E-state index >= 15 is 0 Å². The molecule has 0 aliphatic carbocycles. The Kier molecular flexibility index (Phi) is 4.20. The van der Waals surface area contributed by atoms with Gasteiger partial charge in [0.15, 0.2) is 0 Å². The van der Waals surface area contributed by atoms with Crippen molar-refractivity contribution in [1.29, 1.82) is 0 Å². The van der Waals surface area contributed by atoms with Crippen molar-refractivity contribution in [2.75, 3.05) is 31.1 Å². The van der Waals surface area contributed by atoms with Gasteiger partial charge in [0.2, 0.25) is 5.82 Å². The van der Waals surface area contributed by atoms with Crippen LogP contribution in [0.15, 0.2) is 53.2 Å². The van der Waals surface area contributed by atoms with E-state index in [0.717, 1.165) is 49.5 Å². The molecule has 0 saturated carbocycles. The standard InChI is InChI=1S/C18H19N5O/c1-2-5-14(6-3-1)17-21-18(24-22-17)15-7-9-20-16(13-15)23-11-4-8-19-10-12-23/h1-3,5-7,9,13,19H,4,8,10-12H2. The van der Waals surface area contributed by atoms with Gasteiger partial charge in [0.25, 0.3) is 5.89 Å². The first-order chi connectivity index (χ1) is 11.9. The number of hydrogen-bond acceptors (Lipinski definition) is 6. The van der Waals surface area contributed by atoms with Gasteiger partial charge in [0.1, 0.15) is 5.82 Å². The molecule has 3 aromatic rings. The summed E-state index contributed by atoms with van der Waals surface area (Å²) in [7, 11) is 0. The SMILES string of the molecule is c1ccc(-c2noc(-c3ccnc(N4CCCNCC4)c3)n2)cc1. The average Bonchev–Trinajstić information content (AvgIpc) is 2.98. The minimum atomic E-state index is 0.519. The van der Waals surface area contributed by atoms with Gasteiger partial charge in [-0.15, -0.1) is 0 Å². The number of pyridine rings is 1. The summed E-state index contributed by atoms with van der Waals surface area (Å²) in [6, 6.07) is 13.8. The molecule has 1 N–H and O–H groups in total. The van der Waals surface area contributed by atoms with Crippen LogP contribution >= 0.6 is 0 Å². The maximum absolute atomic E-state index is 5.45. The van der Waals surface area contributed by atoms with Gasteiger partial charge in [-0.2, -0.15) is 4.98 Å². The lowest BCUT2D eigenvalue weighted by Crippen LogP contribution is -2.28. The van der Waals surface area contributed by atoms with Crippen LogP contribution in [0.3, 0.4) is 0 Å². The molecule has 2 aromatic heterocycles. The Bertz CT molecular complexity index is 794. The maximum atomic E-state index is 5.45. The Balaban J connectivity index is 1.60. The lowest BCUT2D eigenvalue weighted by Gasteiger charge is -2.21. The molecule has 4 rings (SSSR count). The maximum Gasteiger partial charge on any atom is 0.258 e. The fourth-order valence-electron chi connectivity index (χ4n) is 2.84. The van der Waals surface area contributed by atoms with Gasteiger partial charge in [0, 0.05) is 37.0 Å². The predicted octanol–water partition coefficient (Wildman–Crippen LogP) is 2.60. The number of hydrogen-bond donors (Lipinski definition) is 1. The second-order valence-electron chi connectivity index (χ2n) is 5.78. The third kappa shape index (κ3) is 3.14. The molecule has 0 unspecified atom stereocenters. The monoisotopic (exact) mass is 321 g/mol. The van der Waals surface area contributed by atoms with Crippen LogP contribution in [-0.4, -0.2) is 41.3 Å². The largest absolute Gasteiger partial charge is 0.355 e. The first kappa shape index (κ1) is 14.8. The van der Waals surface area contributed by atoms with Gasteiger partial charge in [-0.3, -0.25) is 0 Å². The molecule has 1 aliphatic heterocycles. The van der Waals surface area contributed by atoms with E-state index in [4.69, 9.17) is 4.52 Å². The quantitative estimate of drug-likeness (QED) is 0.800. The van der Waals surface area contributed by atoms with Gasteiger partial charge in [-0.05, 0) is 25.1 Å². The van der Waals surface area contributed by atoms with Crippen LogP contribution in [0.25, 0.3) is 22.8 Å². The zero-order valence-corrected chi connectivity index (χ0v) is 13.4. The molecule has 1 saturated heterocycles. The molecule has 0 atom stereocenters. The number of aromatic nitrogens is 3. The molecular formula is C18H19N5O. The first-order valence-electron chi connectivity index (χ1n) is 8.21. The Morgan fingerprint density at radius 2 is 1.92 bits per heavy atom. The molecule has 3 heterocycles. The van der Waals surface area contributed by atoms with Crippen molar-refractivity contribution >= 4 is 5.82 Å². The van der Waals surface area contributed by atoms with Crippen molar-refractivity contribution in [1.82, 2.24) is 20.4 Å². The van der Waals surface area contributed by atoms with Crippen LogP contribution in [0.1, 0.15) is 6.42 Å². The molecule has 6 nitrogen and oxygen atoms in total. The second kappa shape index (κ2) is 6.80. The van der Waals surface area contributed by atoms with E-state index in [1.165, 1.54) is 0 Å². The molecule has 0 amide bonds. The lowest BCUT2D eigenvalue weighted by molar-refractivity contribution is 0.432. The number of nitrogens with zero attached hydrogens (tertiary/aromatic N) is 4. The van der Waals surface area contributed by atoms with Crippen LogP contribution in [-0.2, 0) is 0 Å². The van der Waals surface area contributed by atoms with Crippen LogP contribution in [0.2, 0.25) is 0 Å². The summed E-state index contributed by atoms with van der Waals surface area (Å²) < 4.78 is 5.45. The predicted molar refractivity (Wildman–Crippen MR) is 92.7 cm³/mol. The van der Waals surface area contributed by atoms with Gasteiger partial charge in [-0.25, -0.2) is 4.98 Å². The molecule has 1 fully saturated rings. The highest BCUT2D eigenvalue weighted by atomic mass is 16.5. The summed E-state index contributed by atoms with van der Waals surface area (Å²) in [4.78, 5) is 11.3. The molecule has 122 valence electrons. The number of anilines is 1. The first-order valence-corrected chi connectivity index (χ1v) is 8.21.